The molecule has 2 N–H and O–H groups in total. The largest absolute Gasteiger partial charge is 0.353 e. The highest BCUT2D eigenvalue weighted by atomic mass is 35.5. The van der Waals surface area contributed by atoms with Crippen LogP contribution < -0.4 is 5.32 Å². The molecular weight excluding hydrogens is 310 g/mol. The number of benzene rings is 1. The number of hydrogen-bond donors (Lipinski definition) is 2. The molecule has 0 unspecified atom stereocenters. The maximum absolute atomic E-state index is 12.3. The lowest BCUT2D eigenvalue weighted by molar-refractivity contribution is -0.115. The number of nitrogens with one attached hydrogen (secondary N) is 2. The molecule has 3 aromatic rings. The first-order valence-corrected chi connectivity index (χ1v) is 7.73. The molecule has 1 amide bonds. The molecule has 1 aromatic carbocycles. The van der Waals surface area contributed by atoms with Crippen LogP contribution in [0.1, 0.15) is 24.6 Å². The number of carbonyl (C=O) groups excluding carboxylic acids is 1. The van der Waals surface area contributed by atoms with Gasteiger partial charge in [0.2, 0.25) is 5.91 Å². The lowest BCUT2D eigenvalue weighted by Gasteiger charge is -2.09. The normalized spacial score (nSPS) is 14.6. The Morgan fingerprint density at radius 2 is 2.13 bits per heavy atom. The van der Waals surface area contributed by atoms with E-state index in [-0.39, 0.29) is 5.91 Å². The summed E-state index contributed by atoms with van der Waals surface area (Å²) in [5, 5.41) is 4.57. The van der Waals surface area contributed by atoms with Gasteiger partial charge in [-0.3, -0.25) is 9.78 Å². The van der Waals surface area contributed by atoms with E-state index in [1.807, 2.05) is 43.5 Å². The number of halogens is 1. The molecule has 1 aliphatic heterocycles. The Bertz CT molecular complexity index is 957. The summed E-state index contributed by atoms with van der Waals surface area (Å²) in [5.41, 5.74) is 5.63. The van der Waals surface area contributed by atoms with Crippen molar-refractivity contribution in [1.82, 2.24) is 9.97 Å². The Hall–Kier alpha value is -2.59. The van der Waals surface area contributed by atoms with Crippen LogP contribution in [0.2, 0.25) is 5.02 Å². The maximum atomic E-state index is 12.3. The van der Waals surface area contributed by atoms with Gasteiger partial charge < -0.3 is 10.3 Å². The number of aromatic amines is 1. The second-order valence-electron chi connectivity index (χ2n) is 5.69. The SMILES string of the molecule is CC1=C(c2cccnc2)c2[nH]c3ccc(Cl)cc3c2NC(=O)C1. The van der Waals surface area contributed by atoms with Crippen molar-refractivity contribution in [3.05, 3.63) is 64.6 Å². The zero-order valence-electron chi connectivity index (χ0n) is 12.5. The lowest BCUT2D eigenvalue weighted by atomic mass is 9.97. The predicted octanol–water partition coefficient (Wildman–Crippen LogP) is 4.38. The smallest absolute Gasteiger partial charge is 0.228 e. The van der Waals surface area contributed by atoms with E-state index >= 15 is 0 Å². The van der Waals surface area contributed by atoms with Crippen molar-refractivity contribution in [2.75, 3.05) is 5.32 Å². The molecule has 114 valence electrons. The highest BCUT2D eigenvalue weighted by Gasteiger charge is 2.24. The zero-order chi connectivity index (χ0) is 16.0. The van der Waals surface area contributed by atoms with Crippen molar-refractivity contribution < 1.29 is 4.79 Å². The summed E-state index contributed by atoms with van der Waals surface area (Å²) in [6.07, 6.45) is 3.91. The second kappa shape index (κ2) is 5.25. The van der Waals surface area contributed by atoms with Crippen molar-refractivity contribution in [3.8, 4) is 0 Å². The Balaban J connectivity index is 2.06. The Morgan fingerprint density at radius 3 is 2.91 bits per heavy atom. The average Bonchev–Trinajstić information content (AvgIpc) is 2.80. The van der Waals surface area contributed by atoms with Gasteiger partial charge in [0, 0.05) is 45.9 Å². The Kier molecular flexibility index (Phi) is 3.20. The molecule has 4 nitrogen and oxygen atoms in total. The van der Waals surface area contributed by atoms with Gasteiger partial charge in [0.25, 0.3) is 0 Å². The average molecular weight is 324 g/mol. The van der Waals surface area contributed by atoms with Gasteiger partial charge in [-0.15, -0.1) is 0 Å². The minimum Gasteiger partial charge on any atom is -0.353 e. The molecular formula is C18H14ClN3O. The van der Waals surface area contributed by atoms with E-state index in [4.69, 9.17) is 11.6 Å². The lowest BCUT2D eigenvalue weighted by Crippen LogP contribution is -2.09. The van der Waals surface area contributed by atoms with E-state index in [1.54, 1.807) is 6.20 Å². The molecule has 0 aliphatic carbocycles. The molecule has 0 saturated carbocycles. The van der Waals surface area contributed by atoms with Gasteiger partial charge >= 0.3 is 0 Å². The van der Waals surface area contributed by atoms with Crippen molar-refractivity contribution >= 4 is 39.7 Å². The molecule has 0 atom stereocenters. The number of amides is 1. The number of hydrogen-bond acceptors (Lipinski definition) is 2. The summed E-state index contributed by atoms with van der Waals surface area (Å²) in [4.78, 5) is 19.9. The van der Waals surface area contributed by atoms with Gasteiger partial charge in [-0.05, 0) is 31.2 Å². The first kappa shape index (κ1) is 14.0. The van der Waals surface area contributed by atoms with Gasteiger partial charge in [-0.25, -0.2) is 0 Å². The number of aromatic nitrogens is 2. The molecule has 3 heterocycles. The van der Waals surface area contributed by atoms with Gasteiger partial charge in [0.05, 0.1) is 11.4 Å². The van der Waals surface area contributed by atoms with Gasteiger partial charge in [-0.1, -0.05) is 23.2 Å². The van der Waals surface area contributed by atoms with E-state index in [2.05, 4.69) is 15.3 Å². The van der Waals surface area contributed by atoms with E-state index in [9.17, 15) is 4.79 Å². The second-order valence-corrected chi connectivity index (χ2v) is 6.12. The van der Waals surface area contributed by atoms with E-state index < -0.39 is 0 Å². The summed E-state index contributed by atoms with van der Waals surface area (Å²) in [7, 11) is 0. The van der Waals surface area contributed by atoms with Crippen LogP contribution in [0, 0.1) is 0 Å². The highest BCUT2D eigenvalue weighted by molar-refractivity contribution is 6.31. The summed E-state index contributed by atoms with van der Waals surface area (Å²) in [6, 6.07) is 9.53. The van der Waals surface area contributed by atoms with E-state index in [0.29, 0.717) is 11.4 Å². The number of nitrogens with zero attached hydrogens (tertiary/aromatic N) is 1. The number of rotatable bonds is 1. The molecule has 1 aliphatic rings. The predicted molar refractivity (Wildman–Crippen MR) is 92.5 cm³/mol. The van der Waals surface area contributed by atoms with Crippen molar-refractivity contribution in [1.29, 1.82) is 0 Å². The zero-order valence-corrected chi connectivity index (χ0v) is 13.2. The number of fused-ring (bicyclic) bond motifs is 3. The topological polar surface area (TPSA) is 57.8 Å². The molecule has 2 aromatic heterocycles. The minimum absolute atomic E-state index is 0.0245. The van der Waals surface area contributed by atoms with Crippen LogP contribution >= 0.6 is 11.6 Å². The first-order chi connectivity index (χ1) is 11.1. The van der Waals surface area contributed by atoms with Crippen LogP contribution in [0.3, 0.4) is 0 Å². The molecule has 5 heteroatoms. The summed E-state index contributed by atoms with van der Waals surface area (Å²) < 4.78 is 0. The van der Waals surface area contributed by atoms with Crippen LogP contribution in [0.4, 0.5) is 5.69 Å². The Labute approximate surface area is 138 Å². The monoisotopic (exact) mass is 323 g/mol. The van der Waals surface area contributed by atoms with Gasteiger partial charge in [0.1, 0.15) is 0 Å². The summed E-state index contributed by atoms with van der Waals surface area (Å²) in [6.45, 7) is 1.98. The van der Waals surface area contributed by atoms with Crippen molar-refractivity contribution in [2.24, 2.45) is 0 Å². The van der Waals surface area contributed by atoms with Crippen molar-refractivity contribution in [2.45, 2.75) is 13.3 Å². The number of pyridine rings is 1. The standard InChI is InChI=1S/C18H14ClN3O/c1-10-7-15(23)22-17-13-8-12(19)4-5-14(13)21-18(17)16(10)11-3-2-6-20-9-11/h2-6,8-9,21H,7H2,1H3,(H,22,23). The van der Waals surface area contributed by atoms with Crippen LogP contribution in [0.5, 0.6) is 0 Å². The number of anilines is 1. The van der Waals surface area contributed by atoms with Crippen LogP contribution in [-0.4, -0.2) is 15.9 Å². The van der Waals surface area contributed by atoms with Crippen molar-refractivity contribution in [3.63, 3.8) is 0 Å². The van der Waals surface area contributed by atoms with Crippen LogP contribution in [0.15, 0.2) is 48.3 Å². The third-order valence-electron chi connectivity index (χ3n) is 4.08. The fourth-order valence-electron chi connectivity index (χ4n) is 3.11. The highest BCUT2D eigenvalue weighted by Crippen LogP contribution is 2.40. The van der Waals surface area contributed by atoms with Gasteiger partial charge in [0.15, 0.2) is 0 Å². The van der Waals surface area contributed by atoms with Crippen LogP contribution in [-0.2, 0) is 4.79 Å². The summed E-state index contributed by atoms with van der Waals surface area (Å²) >= 11 is 6.13. The maximum Gasteiger partial charge on any atom is 0.228 e. The Morgan fingerprint density at radius 1 is 1.26 bits per heavy atom. The molecule has 23 heavy (non-hydrogen) atoms. The molecule has 0 saturated heterocycles. The molecule has 0 spiro atoms. The minimum atomic E-state index is -0.0245. The summed E-state index contributed by atoms with van der Waals surface area (Å²) in [5.74, 6) is -0.0245. The number of H-pyrrole nitrogens is 1. The van der Waals surface area contributed by atoms with E-state index in [0.717, 1.165) is 39.0 Å². The van der Waals surface area contributed by atoms with Crippen LogP contribution in [0.25, 0.3) is 16.5 Å². The third-order valence-corrected chi connectivity index (χ3v) is 4.31. The first-order valence-electron chi connectivity index (χ1n) is 7.35. The van der Waals surface area contributed by atoms with Gasteiger partial charge in [-0.2, -0.15) is 0 Å². The third kappa shape index (κ3) is 2.32. The molecule has 0 radical (unpaired) electrons. The molecule has 0 fully saturated rings. The fourth-order valence-corrected chi connectivity index (χ4v) is 3.28. The molecule has 4 rings (SSSR count). The quantitative estimate of drug-likeness (QED) is 0.698. The van der Waals surface area contributed by atoms with E-state index in [1.165, 1.54) is 0 Å². The number of carbonyl (C=O) groups is 1. The fraction of sp³-hybridized carbons (Fsp3) is 0.111. The molecule has 0 bridgehead atoms.